The van der Waals surface area contributed by atoms with Gasteiger partial charge in [0.05, 0.1) is 18.6 Å². The predicted octanol–water partition coefficient (Wildman–Crippen LogP) is 2.48. The molecular weight excluding hydrogens is 366 g/mol. The molecule has 3 saturated heterocycles. The lowest BCUT2D eigenvalue weighted by atomic mass is 9.69. The third-order valence-electron chi connectivity index (χ3n) is 6.89. The third kappa shape index (κ3) is 3.06. The van der Waals surface area contributed by atoms with E-state index >= 15 is 0 Å². The van der Waals surface area contributed by atoms with E-state index in [9.17, 15) is 9.59 Å². The molecule has 1 N–H and O–H groups in total. The van der Waals surface area contributed by atoms with Gasteiger partial charge in [-0.05, 0) is 43.4 Å². The largest absolute Gasteiger partial charge is 0.378 e. The maximum absolute atomic E-state index is 13.9. The second kappa shape index (κ2) is 7.34. The van der Waals surface area contributed by atoms with Crippen LogP contribution in [-0.4, -0.2) is 65.0 Å². The van der Waals surface area contributed by atoms with E-state index in [-0.39, 0.29) is 23.9 Å². The minimum absolute atomic E-state index is 0.0206. The summed E-state index contributed by atoms with van der Waals surface area (Å²) in [5, 5.41) is 0. The molecule has 0 unspecified atom stereocenters. The van der Waals surface area contributed by atoms with Crippen molar-refractivity contribution in [1.29, 1.82) is 0 Å². The number of H-pyrrole nitrogens is 1. The molecule has 0 radical (unpaired) electrons. The lowest BCUT2D eigenvalue weighted by molar-refractivity contribution is -0.148. The highest BCUT2D eigenvalue weighted by molar-refractivity contribution is 5.95. The van der Waals surface area contributed by atoms with E-state index in [4.69, 9.17) is 4.74 Å². The van der Waals surface area contributed by atoms with Gasteiger partial charge in [0.15, 0.2) is 0 Å². The molecule has 152 valence electrons. The van der Waals surface area contributed by atoms with Crippen LogP contribution in [0.2, 0.25) is 0 Å². The number of nitrogens with one attached hydrogen (secondary N) is 1. The standard InChI is InChI=1S/C23H27N3O3/c27-21(19-7-4-10-24-19)26-18-8-9-20(26)23(16-18,15-17-5-2-1-3-6-17)22(28)25-11-13-29-14-12-25/h1-7,10,18,20,24H,8-9,11-16H2/t18-,20+,23+/m1/s1. The summed E-state index contributed by atoms with van der Waals surface area (Å²) in [6.45, 7) is 2.45. The van der Waals surface area contributed by atoms with Crippen LogP contribution in [0.3, 0.4) is 0 Å². The van der Waals surface area contributed by atoms with Crippen LogP contribution < -0.4 is 0 Å². The molecule has 3 aliphatic heterocycles. The minimum Gasteiger partial charge on any atom is -0.378 e. The molecule has 29 heavy (non-hydrogen) atoms. The third-order valence-corrected chi connectivity index (χ3v) is 6.89. The fourth-order valence-corrected chi connectivity index (χ4v) is 5.63. The zero-order valence-corrected chi connectivity index (χ0v) is 16.5. The highest BCUT2D eigenvalue weighted by Crippen LogP contribution is 2.53. The fraction of sp³-hybridized carbons (Fsp3) is 0.478. The van der Waals surface area contributed by atoms with E-state index < -0.39 is 5.41 Å². The van der Waals surface area contributed by atoms with E-state index in [1.54, 1.807) is 6.20 Å². The first-order valence-corrected chi connectivity index (χ1v) is 10.6. The summed E-state index contributed by atoms with van der Waals surface area (Å²) >= 11 is 0. The highest BCUT2D eigenvalue weighted by atomic mass is 16.5. The molecular formula is C23H27N3O3. The van der Waals surface area contributed by atoms with Crippen LogP contribution in [-0.2, 0) is 16.0 Å². The number of nitrogens with zero attached hydrogens (tertiary/aromatic N) is 2. The Morgan fingerprint density at radius 2 is 1.86 bits per heavy atom. The van der Waals surface area contributed by atoms with Crippen LogP contribution in [0.1, 0.15) is 35.3 Å². The molecule has 1 aromatic heterocycles. The average molecular weight is 393 g/mol. The summed E-state index contributed by atoms with van der Waals surface area (Å²) < 4.78 is 5.47. The number of ether oxygens (including phenoxy) is 1. The normalized spacial score (nSPS) is 28.7. The van der Waals surface area contributed by atoms with Crippen molar-refractivity contribution in [1.82, 2.24) is 14.8 Å². The second-order valence-corrected chi connectivity index (χ2v) is 8.47. The molecule has 3 aliphatic rings. The van der Waals surface area contributed by atoms with Crippen molar-refractivity contribution in [3.05, 3.63) is 59.9 Å². The lowest BCUT2D eigenvalue weighted by Gasteiger charge is -2.41. The van der Waals surface area contributed by atoms with Gasteiger partial charge in [0, 0.05) is 31.4 Å². The lowest BCUT2D eigenvalue weighted by Crippen LogP contribution is -2.55. The molecule has 2 amide bonds. The van der Waals surface area contributed by atoms with Crippen LogP contribution in [0.25, 0.3) is 0 Å². The summed E-state index contributed by atoms with van der Waals surface area (Å²) in [6.07, 6.45) is 5.07. The molecule has 6 heteroatoms. The summed E-state index contributed by atoms with van der Waals surface area (Å²) in [5.41, 5.74) is 1.22. The van der Waals surface area contributed by atoms with Crippen molar-refractivity contribution in [2.45, 2.75) is 37.8 Å². The van der Waals surface area contributed by atoms with Gasteiger partial charge in [0.1, 0.15) is 5.69 Å². The van der Waals surface area contributed by atoms with Gasteiger partial charge in [-0.2, -0.15) is 0 Å². The SMILES string of the molecule is O=C(c1ccc[nH]1)N1[C@@H]2CC[C@H]1[C@@](Cc1ccccc1)(C(=O)N1CCOCC1)C2. The van der Waals surface area contributed by atoms with Crippen LogP contribution >= 0.6 is 0 Å². The van der Waals surface area contributed by atoms with Crippen molar-refractivity contribution in [2.24, 2.45) is 5.41 Å². The number of aromatic nitrogens is 1. The molecule has 2 bridgehead atoms. The fourth-order valence-electron chi connectivity index (χ4n) is 5.63. The Balaban J connectivity index is 1.50. The van der Waals surface area contributed by atoms with Crippen molar-refractivity contribution in [2.75, 3.05) is 26.3 Å². The van der Waals surface area contributed by atoms with E-state index in [1.807, 2.05) is 40.1 Å². The van der Waals surface area contributed by atoms with Crippen LogP contribution in [0.4, 0.5) is 0 Å². The Bertz CT molecular complexity index is 876. The van der Waals surface area contributed by atoms with Crippen molar-refractivity contribution in [3.8, 4) is 0 Å². The molecule has 0 spiro atoms. The Hall–Kier alpha value is -2.60. The number of amides is 2. The van der Waals surface area contributed by atoms with Gasteiger partial charge in [-0.15, -0.1) is 0 Å². The number of hydrogen-bond donors (Lipinski definition) is 1. The van der Waals surface area contributed by atoms with Crippen LogP contribution in [0.5, 0.6) is 0 Å². The maximum Gasteiger partial charge on any atom is 0.270 e. The van der Waals surface area contributed by atoms with E-state index in [1.165, 1.54) is 0 Å². The quantitative estimate of drug-likeness (QED) is 0.868. The van der Waals surface area contributed by atoms with Crippen molar-refractivity contribution >= 4 is 11.8 Å². The zero-order chi connectivity index (χ0) is 19.8. The summed E-state index contributed by atoms with van der Waals surface area (Å²) in [6, 6.07) is 14.0. The van der Waals surface area contributed by atoms with E-state index in [2.05, 4.69) is 17.1 Å². The first-order valence-electron chi connectivity index (χ1n) is 10.6. The van der Waals surface area contributed by atoms with E-state index in [0.717, 1.165) is 24.8 Å². The Morgan fingerprint density at radius 3 is 2.59 bits per heavy atom. The zero-order valence-electron chi connectivity index (χ0n) is 16.5. The molecule has 3 atom stereocenters. The number of aromatic amines is 1. The molecule has 4 heterocycles. The molecule has 5 rings (SSSR count). The van der Waals surface area contributed by atoms with Gasteiger partial charge in [0.25, 0.3) is 5.91 Å². The summed E-state index contributed by atoms with van der Waals surface area (Å²) in [7, 11) is 0. The predicted molar refractivity (Wildman–Crippen MR) is 108 cm³/mol. The Morgan fingerprint density at radius 1 is 1.07 bits per heavy atom. The highest BCUT2D eigenvalue weighted by Gasteiger charge is 2.62. The van der Waals surface area contributed by atoms with Gasteiger partial charge < -0.3 is 19.5 Å². The molecule has 0 saturated carbocycles. The van der Waals surface area contributed by atoms with Gasteiger partial charge in [0.2, 0.25) is 5.91 Å². The molecule has 2 aromatic rings. The topological polar surface area (TPSA) is 65.6 Å². The van der Waals surface area contributed by atoms with Gasteiger partial charge in [-0.3, -0.25) is 9.59 Å². The number of hydrogen-bond acceptors (Lipinski definition) is 3. The first kappa shape index (κ1) is 18.4. The number of carbonyl (C=O) groups is 2. The monoisotopic (exact) mass is 393 g/mol. The van der Waals surface area contributed by atoms with Crippen LogP contribution in [0.15, 0.2) is 48.7 Å². The summed E-state index contributed by atoms with van der Waals surface area (Å²) in [4.78, 5) is 34.2. The Labute approximate surface area is 170 Å². The molecule has 0 aliphatic carbocycles. The maximum atomic E-state index is 13.9. The molecule has 3 fully saturated rings. The smallest absolute Gasteiger partial charge is 0.270 e. The van der Waals surface area contributed by atoms with Crippen molar-refractivity contribution in [3.63, 3.8) is 0 Å². The van der Waals surface area contributed by atoms with Gasteiger partial charge in [-0.1, -0.05) is 30.3 Å². The second-order valence-electron chi connectivity index (χ2n) is 8.47. The summed E-state index contributed by atoms with van der Waals surface area (Å²) in [5.74, 6) is 0.216. The molecule has 1 aromatic carbocycles. The number of fused-ring (bicyclic) bond motifs is 2. The number of rotatable bonds is 4. The molecule has 6 nitrogen and oxygen atoms in total. The Kier molecular flexibility index (Phi) is 4.66. The first-order chi connectivity index (χ1) is 14.2. The number of morpholine rings is 1. The van der Waals surface area contributed by atoms with Gasteiger partial charge in [-0.25, -0.2) is 0 Å². The average Bonchev–Trinajstić information content (AvgIpc) is 3.50. The van der Waals surface area contributed by atoms with Crippen molar-refractivity contribution < 1.29 is 14.3 Å². The van der Waals surface area contributed by atoms with Crippen LogP contribution in [0, 0.1) is 5.41 Å². The number of benzene rings is 1. The van der Waals surface area contributed by atoms with Gasteiger partial charge >= 0.3 is 0 Å². The number of carbonyl (C=O) groups excluding carboxylic acids is 2. The minimum atomic E-state index is -0.552. The van der Waals surface area contributed by atoms with E-state index in [0.29, 0.717) is 38.4 Å².